The number of unbranched alkanes of at least 4 members (excludes halogenated alkanes) is 1. The van der Waals surface area contributed by atoms with Crippen molar-refractivity contribution in [2.24, 2.45) is 5.92 Å². The van der Waals surface area contributed by atoms with Gasteiger partial charge in [-0.1, -0.05) is 63.4 Å². The molecular formula is C18H29NO2. The van der Waals surface area contributed by atoms with E-state index in [1.165, 1.54) is 6.42 Å². The van der Waals surface area contributed by atoms with Gasteiger partial charge in [-0.25, -0.2) is 0 Å². The number of carbonyl (C=O) groups is 1. The van der Waals surface area contributed by atoms with Crippen molar-refractivity contribution < 1.29 is 9.90 Å². The molecule has 0 aliphatic carbocycles. The topological polar surface area (TPSA) is 40.5 Å². The molecule has 1 rings (SSSR count). The molecule has 0 bridgehead atoms. The minimum atomic E-state index is -0.647. The van der Waals surface area contributed by atoms with Gasteiger partial charge < -0.3 is 10.0 Å². The Morgan fingerprint density at radius 3 is 2.43 bits per heavy atom. The molecule has 3 atom stereocenters. The number of aliphatic hydroxyl groups excluding tert-OH is 1. The van der Waals surface area contributed by atoms with Gasteiger partial charge in [0.25, 0.3) is 0 Å². The smallest absolute Gasteiger partial charge is 0.222 e. The molecule has 0 aliphatic rings. The van der Waals surface area contributed by atoms with Crippen molar-refractivity contribution >= 4 is 5.91 Å². The zero-order valence-electron chi connectivity index (χ0n) is 13.7. The molecule has 118 valence electrons. The fourth-order valence-electron chi connectivity index (χ4n) is 2.46. The molecule has 0 aromatic heterocycles. The summed E-state index contributed by atoms with van der Waals surface area (Å²) in [6.45, 7) is 6.19. The highest BCUT2D eigenvalue weighted by atomic mass is 16.3. The Kier molecular flexibility index (Phi) is 7.44. The van der Waals surface area contributed by atoms with Gasteiger partial charge in [-0.15, -0.1) is 0 Å². The summed E-state index contributed by atoms with van der Waals surface area (Å²) in [5.41, 5.74) is 0.851. The molecule has 1 amide bonds. The molecule has 0 aliphatic heterocycles. The molecule has 1 N–H and O–H groups in total. The molecule has 0 spiro atoms. The summed E-state index contributed by atoms with van der Waals surface area (Å²) in [6.07, 6.45) is 3.33. The average molecular weight is 291 g/mol. The Morgan fingerprint density at radius 1 is 1.24 bits per heavy atom. The van der Waals surface area contributed by atoms with Crippen LogP contribution in [0, 0.1) is 5.92 Å². The van der Waals surface area contributed by atoms with E-state index < -0.39 is 6.10 Å². The van der Waals surface area contributed by atoms with E-state index in [0.29, 0.717) is 12.3 Å². The first kappa shape index (κ1) is 17.7. The van der Waals surface area contributed by atoms with Crippen LogP contribution >= 0.6 is 0 Å². The standard InChI is InChI=1S/C18H29NO2/c1-5-6-10-14(2)13-17(20)19(4)15(3)18(21)16-11-8-7-9-12-16/h7-9,11-12,14-15,18,21H,5-6,10,13H2,1-4H3/t14?,15-,18-/m0/s1. The van der Waals surface area contributed by atoms with Gasteiger partial charge >= 0.3 is 0 Å². The van der Waals surface area contributed by atoms with Crippen LogP contribution in [0.2, 0.25) is 0 Å². The van der Waals surface area contributed by atoms with Gasteiger partial charge in [0.05, 0.1) is 12.1 Å². The number of rotatable bonds is 8. The quantitative estimate of drug-likeness (QED) is 0.791. The molecule has 3 nitrogen and oxygen atoms in total. The number of benzene rings is 1. The first-order valence-electron chi connectivity index (χ1n) is 7.96. The Morgan fingerprint density at radius 2 is 1.86 bits per heavy atom. The van der Waals surface area contributed by atoms with Crippen molar-refractivity contribution in [1.82, 2.24) is 4.90 Å². The molecule has 0 saturated carbocycles. The Labute approximate surface area is 129 Å². The largest absolute Gasteiger partial charge is 0.386 e. The summed E-state index contributed by atoms with van der Waals surface area (Å²) in [5, 5.41) is 10.4. The highest BCUT2D eigenvalue weighted by Gasteiger charge is 2.24. The van der Waals surface area contributed by atoms with Gasteiger partial charge in [-0.3, -0.25) is 4.79 Å². The van der Waals surface area contributed by atoms with Crippen molar-refractivity contribution in [3.05, 3.63) is 35.9 Å². The number of carbonyl (C=O) groups excluding carboxylic acids is 1. The van der Waals surface area contributed by atoms with Crippen molar-refractivity contribution in [3.63, 3.8) is 0 Å². The van der Waals surface area contributed by atoms with Gasteiger partial charge in [0.1, 0.15) is 0 Å². The minimum Gasteiger partial charge on any atom is -0.386 e. The maximum Gasteiger partial charge on any atom is 0.222 e. The molecule has 3 heteroatoms. The molecule has 0 heterocycles. The highest BCUT2D eigenvalue weighted by molar-refractivity contribution is 5.76. The number of likely N-dealkylation sites (N-methyl/N-ethyl adjacent to an activating group) is 1. The van der Waals surface area contributed by atoms with Crippen LogP contribution in [0.15, 0.2) is 30.3 Å². The van der Waals surface area contributed by atoms with Crippen LogP contribution in [0.1, 0.15) is 58.1 Å². The highest BCUT2D eigenvalue weighted by Crippen LogP contribution is 2.21. The van der Waals surface area contributed by atoms with Crippen LogP contribution in [-0.2, 0) is 4.79 Å². The number of nitrogens with zero attached hydrogens (tertiary/aromatic N) is 1. The summed E-state index contributed by atoms with van der Waals surface area (Å²) in [6, 6.07) is 9.29. The maximum absolute atomic E-state index is 12.3. The Bertz CT molecular complexity index is 418. The number of amides is 1. The van der Waals surface area contributed by atoms with Gasteiger partial charge in [-0.05, 0) is 18.4 Å². The van der Waals surface area contributed by atoms with Gasteiger partial charge in [0, 0.05) is 13.5 Å². The molecule has 21 heavy (non-hydrogen) atoms. The molecule has 1 aromatic rings. The zero-order valence-corrected chi connectivity index (χ0v) is 13.7. The Hall–Kier alpha value is -1.35. The van der Waals surface area contributed by atoms with E-state index in [0.717, 1.165) is 18.4 Å². The van der Waals surface area contributed by atoms with E-state index in [-0.39, 0.29) is 11.9 Å². The summed E-state index contributed by atoms with van der Waals surface area (Å²) < 4.78 is 0. The lowest BCUT2D eigenvalue weighted by atomic mass is 9.98. The van der Waals surface area contributed by atoms with E-state index in [9.17, 15) is 9.90 Å². The van der Waals surface area contributed by atoms with Crippen LogP contribution in [0.25, 0.3) is 0 Å². The maximum atomic E-state index is 12.3. The molecule has 1 aromatic carbocycles. The molecule has 0 fully saturated rings. The van der Waals surface area contributed by atoms with Gasteiger partial charge in [-0.2, -0.15) is 0 Å². The Balaban J connectivity index is 2.56. The molecule has 0 saturated heterocycles. The third kappa shape index (κ3) is 5.50. The predicted molar refractivity (Wildman–Crippen MR) is 86.9 cm³/mol. The summed E-state index contributed by atoms with van der Waals surface area (Å²) in [7, 11) is 1.78. The average Bonchev–Trinajstić information content (AvgIpc) is 2.51. The third-order valence-electron chi connectivity index (χ3n) is 4.18. The lowest BCUT2D eigenvalue weighted by Gasteiger charge is -2.30. The van der Waals surface area contributed by atoms with Crippen LogP contribution in [0.5, 0.6) is 0 Å². The first-order valence-corrected chi connectivity index (χ1v) is 7.96. The summed E-state index contributed by atoms with van der Waals surface area (Å²) >= 11 is 0. The zero-order chi connectivity index (χ0) is 15.8. The van der Waals surface area contributed by atoms with E-state index in [2.05, 4.69) is 13.8 Å². The number of aliphatic hydroxyl groups is 1. The normalized spacial score (nSPS) is 15.3. The second kappa shape index (κ2) is 8.83. The van der Waals surface area contributed by atoms with Crippen molar-refractivity contribution in [2.45, 2.75) is 58.6 Å². The van der Waals surface area contributed by atoms with Crippen LogP contribution in [0.3, 0.4) is 0 Å². The molecular weight excluding hydrogens is 262 g/mol. The van der Waals surface area contributed by atoms with E-state index in [1.54, 1.807) is 11.9 Å². The fourth-order valence-corrected chi connectivity index (χ4v) is 2.46. The summed E-state index contributed by atoms with van der Waals surface area (Å²) in [4.78, 5) is 14.0. The van der Waals surface area contributed by atoms with Crippen molar-refractivity contribution in [1.29, 1.82) is 0 Å². The monoisotopic (exact) mass is 291 g/mol. The van der Waals surface area contributed by atoms with Crippen LogP contribution < -0.4 is 0 Å². The van der Waals surface area contributed by atoms with Crippen LogP contribution in [-0.4, -0.2) is 29.0 Å². The second-order valence-corrected chi connectivity index (χ2v) is 6.05. The van der Waals surface area contributed by atoms with E-state index >= 15 is 0 Å². The third-order valence-corrected chi connectivity index (χ3v) is 4.18. The number of hydrogen-bond acceptors (Lipinski definition) is 2. The minimum absolute atomic E-state index is 0.112. The SMILES string of the molecule is CCCCC(C)CC(=O)N(C)[C@@H](C)[C@H](O)c1ccccc1. The second-order valence-electron chi connectivity index (χ2n) is 6.05. The lowest BCUT2D eigenvalue weighted by molar-refractivity contribution is -0.134. The fraction of sp³-hybridized carbons (Fsp3) is 0.611. The van der Waals surface area contributed by atoms with Gasteiger partial charge in [0.15, 0.2) is 0 Å². The van der Waals surface area contributed by atoms with E-state index in [4.69, 9.17) is 0 Å². The van der Waals surface area contributed by atoms with E-state index in [1.807, 2.05) is 37.3 Å². The number of hydrogen-bond donors (Lipinski definition) is 1. The van der Waals surface area contributed by atoms with Crippen LogP contribution in [0.4, 0.5) is 0 Å². The van der Waals surface area contributed by atoms with Crippen molar-refractivity contribution in [2.75, 3.05) is 7.05 Å². The molecule has 0 radical (unpaired) electrons. The molecule has 1 unspecified atom stereocenters. The van der Waals surface area contributed by atoms with Gasteiger partial charge in [0.2, 0.25) is 5.91 Å². The first-order chi connectivity index (χ1) is 9.97. The van der Waals surface area contributed by atoms with Crippen molar-refractivity contribution in [3.8, 4) is 0 Å². The summed E-state index contributed by atoms with van der Waals surface area (Å²) in [5.74, 6) is 0.516. The lowest BCUT2D eigenvalue weighted by Crippen LogP contribution is -2.39. The predicted octanol–water partition coefficient (Wildman–Crippen LogP) is 3.78.